The summed E-state index contributed by atoms with van der Waals surface area (Å²) in [6, 6.07) is 5.91. The minimum Gasteiger partial charge on any atom is -0.496 e. The van der Waals surface area contributed by atoms with Gasteiger partial charge in [-0.1, -0.05) is 24.9 Å². The fraction of sp³-hybridized carbons (Fsp3) is 0.600. The Hall–Kier alpha value is -0.730. The van der Waals surface area contributed by atoms with Crippen LogP contribution in [0.3, 0.4) is 0 Å². The molecule has 0 radical (unpaired) electrons. The minimum absolute atomic E-state index is 0.411. The highest BCUT2D eigenvalue weighted by Gasteiger charge is 2.37. The first-order chi connectivity index (χ1) is 8.69. The zero-order valence-electron chi connectivity index (χ0n) is 11.3. The Balaban J connectivity index is 2.13. The Morgan fingerprint density at radius 2 is 2.17 bits per heavy atom. The molecule has 0 aliphatic heterocycles. The summed E-state index contributed by atoms with van der Waals surface area (Å²) in [5, 5.41) is 4.28. The van der Waals surface area contributed by atoms with Gasteiger partial charge < -0.3 is 10.1 Å². The van der Waals surface area contributed by atoms with Crippen LogP contribution in [0.1, 0.15) is 31.7 Å². The van der Waals surface area contributed by atoms with E-state index in [9.17, 15) is 0 Å². The van der Waals surface area contributed by atoms with E-state index in [0.717, 1.165) is 30.3 Å². The average Bonchev–Trinajstić information content (AvgIpc) is 2.32. The average molecular weight is 268 g/mol. The maximum absolute atomic E-state index is 6.10. The highest BCUT2D eigenvalue weighted by atomic mass is 35.5. The summed E-state index contributed by atoms with van der Waals surface area (Å²) in [5.74, 6) is 0.960. The Morgan fingerprint density at radius 1 is 1.39 bits per heavy atom. The van der Waals surface area contributed by atoms with Gasteiger partial charge in [-0.2, -0.15) is 0 Å². The van der Waals surface area contributed by atoms with Gasteiger partial charge >= 0.3 is 0 Å². The van der Waals surface area contributed by atoms with Crippen LogP contribution in [0, 0.1) is 5.41 Å². The third kappa shape index (κ3) is 2.99. The maximum Gasteiger partial charge on any atom is 0.122 e. The van der Waals surface area contributed by atoms with Crippen LogP contribution in [0.25, 0.3) is 0 Å². The van der Waals surface area contributed by atoms with Gasteiger partial charge in [-0.15, -0.1) is 0 Å². The number of rotatable bonds is 6. The normalized spacial score (nSPS) is 17.3. The van der Waals surface area contributed by atoms with E-state index in [1.807, 2.05) is 18.2 Å². The van der Waals surface area contributed by atoms with Crippen LogP contribution in [0.5, 0.6) is 5.75 Å². The van der Waals surface area contributed by atoms with Gasteiger partial charge in [0.05, 0.1) is 7.11 Å². The van der Waals surface area contributed by atoms with Gasteiger partial charge in [-0.3, -0.25) is 0 Å². The molecule has 1 fully saturated rings. The van der Waals surface area contributed by atoms with Gasteiger partial charge in [0.25, 0.3) is 0 Å². The number of hydrogen-bond donors (Lipinski definition) is 1. The standard InChI is InChI=1S/C15H22ClNO/c1-3-17-11-15(7-4-8-15)10-12-9-13(16)5-6-14(12)18-2/h5-6,9,17H,3-4,7-8,10-11H2,1-2H3. The Labute approximate surface area is 115 Å². The van der Waals surface area contributed by atoms with Crippen LogP contribution >= 0.6 is 11.6 Å². The molecule has 1 aliphatic carbocycles. The summed E-state index contributed by atoms with van der Waals surface area (Å²) in [6.45, 7) is 4.29. The molecule has 18 heavy (non-hydrogen) atoms. The Kier molecular flexibility index (Phi) is 4.52. The molecule has 0 spiro atoms. The van der Waals surface area contributed by atoms with Crippen molar-refractivity contribution in [3.63, 3.8) is 0 Å². The molecule has 0 atom stereocenters. The highest BCUT2D eigenvalue weighted by Crippen LogP contribution is 2.44. The SMILES string of the molecule is CCNCC1(Cc2cc(Cl)ccc2OC)CCC1. The molecule has 1 aromatic carbocycles. The van der Waals surface area contributed by atoms with Crippen LogP contribution in [-0.2, 0) is 6.42 Å². The summed E-state index contributed by atoms with van der Waals surface area (Å²) in [5.41, 5.74) is 1.65. The van der Waals surface area contributed by atoms with E-state index in [1.54, 1.807) is 7.11 Å². The summed E-state index contributed by atoms with van der Waals surface area (Å²) in [6.07, 6.45) is 5.00. The monoisotopic (exact) mass is 267 g/mol. The van der Waals surface area contributed by atoms with E-state index in [2.05, 4.69) is 12.2 Å². The number of nitrogens with one attached hydrogen (secondary N) is 1. The predicted octanol–water partition coefficient (Wildman–Crippen LogP) is 3.67. The highest BCUT2D eigenvalue weighted by molar-refractivity contribution is 6.30. The zero-order chi connectivity index (χ0) is 13.0. The molecule has 1 saturated carbocycles. The second-order valence-electron chi connectivity index (χ2n) is 5.27. The molecular formula is C15H22ClNO. The number of ether oxygens (including phenoxy) is 1. The van der Waals surface area contributed by atoms with E-state index >= 15 is 0 Å². The molecule has 0 bridgehead atoms. The van der Waals surface area contributed by atoms with Gasteiger partial charge in [-0.05, 0) is 55.0 Å². The van der Waals surface area contributed by atoms with Crippen LogP contribution in [0.2, 0.25) is 5.02 Å². The molecule has 2 rings (SSSR count). The molecule has 2 nitrogen and oxygen atoms in total. The molecule has 0 heterocycles. The van der Waals surface area contributed by atoms with Crippen LogP contribution in [0.4, 0.5) is 0 Å². The van der Waals surface area contributed by atoms with Crippen molar-refractivity contribution in [2.45, 2.75) is 32.6 Å². The minimum atomic E-state index is 0.411. The lowest BCUT2D eigenvalue weighted by molar-refractivity contribution is 0.130. The smallest absolute Gasteiger partial charge is 0.122 e. The summed E-state index contributed by atoms with van der Waals surface area (Å²) in [7, 11) is 1.73. The summed E-state index contributed by atoms with van der Waals surface area (Å²) >= 11 is 6.10. The molecule has 1 aromatic rings. The second-order valence-corrected chi connectivity index (χ2v) is 5.70. The van der Waals surface area contributed by atoms with Crippen molar-refractivity contribution in [2.24, 2.45) is 5.41 Å². The lowest BCUT2D eigenvalue weighted by atomic mass is 9.65. The summed E-state index contributed by atoms with van der Waals surface area (Å²) in [4.78, 5) is 0. The first-order valence-electron chi connectivity index (χ1n) is 6.72. The third-order valence-electron chi connectivity index (χ3n) is 3.97. The molecule has 1 N–H and O–H groups in total. The lowest BCUT2D eigenvalue weighted by Crippen LogP contribution is -2.41. The largest absolute Gasteiger partial charge is 0.496 e. The molecule has 0 saturated heterocycles. The van der Waals surface area contributed by atoms with E-state index in [4.69, 9.17) is 16.3 Å². The molecular weight excluding hydrogens is 246 g/mol. The molecule has 0 aromatic heterocycles. The van der Waals surface area contributed by atoms with Crippen molar-refractivity contribution >= 4 is 11.6 Å². The third-order valence-corrected chi connectivity index (χ3v) is 4.21. The first-order valence-corrected chi connectivity index (χ1v) is 7.10. The number of hydrogen-bond acceptors (Lipinski definition) is 2. The zero-order valence-corrected chi connectivity index (χ0v) is 12.0. The second kappa shape index (κ2) is 5.94. The van der Waals surface area contributed by atoms with Crippen molar-refractivity contribution in [1.29, 1.82) is 0 Å². The van der Waals surface area contributed by atoms with Gasteiger partial charge in [0, 0.05) is 11.6 Å². The summed E-state index contributed by atoms with van der Waals surface area (Å²) < 4.78 is 5.44. The Morgan fingerprint density at radius 3 is 2.72 bits per heavy atom. The molecule has 0 amide bonds. The van der Waals surface area contributed by atoms with Crippen molar-refractivity contribution in [3.8, 4) is 5.75 Å². The predicted molar refractivity (Wildman–Crippen MR) is 76.5 cm³/mol. The molecule has 100 valence electrons. The first kappa shape index (κ1) is 13.7. The van der Waals surface area contributed by atoms with Crippen molar-refractivity contribution in [2.75, 3.05) is 20.2 Å². The van der Waals surface area contributed by atoms with Gasteiger partial charge in [0.2, 0.25) is 0 Å². The van der Waals surface area contributed by atoms with E-state index < -0.39 is 0 Å². The fourth-order valence-corrected chi connectivity index (χ4v) is 2.97. The van der Waals surface area contributed by atoms with Gasteiger partial charge in [-0.25, -0.2) is 0 Å². The fourth-order valence-electron chi connectivity index (χ4n) is 2.77. The van der Waals surface area contributed by atoms with Crippen LogP contribution in [0.15, 0.2) is 18.2 Å². The number of methoxy groups -OCH3 is 1. The van der Waals surface area contributed by atoms with Crippen LogP contribution < -0.4 is 10.1 Å². The van der Waals surface area contributed by atoms with Gasteiger partial charge in [0.15, 0.2) is 0 Å². The molecule has 0 unspecified atom stereocenters. The molecule has 3 heteroatoms. The number of halogens is 1. The molecule has 1 aliphatic rings. The Bertz CT molecular complexity index is 401. The maximum atomic E-state index is 6.10. The van der Waals surface area contributed by atoms with Crippen molar-refractivity contribution in [1.82, 2.24) is 5.32 Å². The van der Waals surface area contributed by atoms with E-state index in [1.165, 1.54) is 24.8 Å². The van der Waals surface area contributed by atoms with E-state index in [0.29, 0.717) is 5.41 Å². The van der Waals surface area contributed by atoms with Crippen LogP contribution in [-0.4, -0.2) is 20.2 Å². The van der Waals surface area contributed by atoms with Crippen molar-refractivity contribution in [3.05, 3.63) is 28.8 Å². The quantitative estimate of drug-likeness (QED) is 0.849. The number of benzene rings is 1. The van der Waals surface area contributed by atoms with E-state index in [-0.39, 0.29) is 0 Å². The topological polar surface area (TPSA) is 21.3 Å². The van der Waals surface area contributed by atoms with Crippen molar-refractivity contribution < 1.29 is 4.74 Å². The van der Waals surface area contributed by atoms with Gasteiger partial charge in [0.1, 0.15) is 5.75 Å². The lowest BCUT2D eigenvalue weighted by Gasteiger charge is -2.42.